The number of ether oxygens (including phenoxy) is 1. The maximum Gasteiger partial charge on any atom is 0.196 e. The van der Waals surface area contributed by atoms with Gasteiger partial charge in [0.25, 0.3) is 0 Å². The van der Waals surface area contributed by atoms with Gasteiger partial charge in [-0.15, -0.1) is 10.2 Å². The monoisotopic (exact) mass is 381 g/mol. The number of morpholine rings is 1. The van der Waals surface area contributed by atoms with Gasteiger partial charge in [0.05, 0.1) is 13.2 Å². The molecule has 4 rings (SSSR count). The van der Waals surface area contributed by atoms with Crippen LogP contribution in [0, 0.1) is 6.92 Å². The molecule has 0 aliphatic carbocycles. The fourth-order valence-corrected chi connectivity index (χ4v) is 4.02. The lowest BCUT2D eigenvalue weighted by molar-refractivity contribution is 0.0410. The van der Waals surface area contributed by atoms with Crippen LogP contribution in [-0.2, 0) is 4.74 Å². The zero-order valence-electron chi connectivity index (χ0n) is 15.4. The van der Waals surface area contributed by atoms with Crippen molar-refractivity contribution in [1.82, 2.24) is 24.6 Å². The second-order valence-corrected chi connectivity index (χ2v) is 7.58. The van der Waals surface area contributed by atoms with E-state index in [1.54, 1.807) is 24.2 Å². The minimum Gasteiger partial charge on any atom is -0.379 e. The highest BCUT2D eigenvalue weighted by Gasteiger charge is 2.17. The molecule has 0 N–H and O–H groups in total. The van der Waals surface area contributed by atoms with Crippen LogP contribution in [0.3, 0.4) is 0 Å². The Hall–Kier alpha value is -2.22. The molecule has 0 atom stereocenters. The van der Waals surface area contributed by atoms with Crippen molar-refractivity contribution in [2.75, 3.05) is 38.6 Å². The lowest BCUT2D eigenvalue weighted by Crippen LogP contribution is -2.37. The van der Waals surface area contributed by atoms with Crippen molar-refractivity contribution in [1.29, 1.82) is 0 Å². The molecule has 1 fully saturated rings. The second-order valence-electron chi connectivity index (χ2n) is 6.52. The summed E-state index contributed by atoms with van der Waals surface area (Å²) in [6, 6.07) is 12.4. The molecule has 27 heavy (non-hydrogen) atoms. The van der Waals surface area contributed by atoms with Gasteiger partial charge in [0, 0.05) is 49.0 Å². The maximum absolute atomic E-state index is 5.42. The van der Waals surface area contributed by atoms with E-state index >= 15 is 0 Å². The first-order valence-corrected chi connectivity index (χ1v) is 10.2. The molecule has 7 heteroatoms. The Labute approximate surface area is 163 Å². The normalized spacial score (nSPS) is 15.1. The average molecular weight is 382 g/mol. The highest BCUT2D eigenvalue weighted by molar-refractivity contribution is 7.99. The van der Waals surface area contributed by atoms with Gasteiger partial charge in [0.15, 0.2) is 11.0 Å². The van der Waals surface area contributed by atoms with Crippen molar-refractivity contribution < 1.29 is 4.74 Å². The fourth-order valence-electron chi connectivity index (χ4n) is 3.07. The predicted octanol–water partition coefficient (Wildman–Crippen LogP) is 3.06. The Balaban J connectivity index is 1.59. The van der Waals surface area contributed by atoms with Gasteiger partial charge in [0.1, 0.15) is 0 Å². The molecule has 1 aliphatic heterocycles. The van der Waals surface area contributed by atoms with E-state index in [9.17, 15) is 0 Å². The van der Waals surface area contributed by atoms with Crippen LogP contribution in [0.5, 0.6) is 0 Å². The van der Waals surface area contributed by atoms with Crippen LogP contribution in [0.2, 0.25) is 0 Å². The average Bonchev–Trinajstić information content (AvgIpc) is 3.14. The molecule has 2 aromatic heterocycles. The second kappa shape index (κ2) is 8.65. The van der Waals surface area contributed by atoms with Crippen LogP contribution in [0.1, 0.15) is 5.56 Å². The van der Waals surface area contributed by atoms with Crippen LogP contribution >= 0.6 is 11.8 Å². The third-order valence-corrected chi connectivity index (χ3v) is 5.52. The summed E-state index contributed by atoms with van der Waals surface area (Å²) in [5.74, 6) is 1.82. The molecule has 6 nitrogen and oxygen atoms in total. The maximum atomic E-state index is 5.42. The van der Waals surface area contributed by atoms with Crippen molar-refractivity contribution in [3.63, 3.8) is 0 Å². The lowest BCUT2D eigenvalue weighted by atomic mass is 10.2. The molecule has 0 spiro atoms. The number of aromatic nitrogens is 4. The molecule has 0 unspecified atom stereocenters. The molecular formula is C20H23N5OS. The Kier molecular flexibility index (Phi) is 5.81. The molecule has 3 aromatic rings. The topological polar surface area (TPSA) is 56.1 Å². The molecule has 1 aromatic carbocycles. The number of hydrogen-bond donors (Lipinski definition) is 0. The number of aryl methyl sites for hydroxylation is 1. The zero-order chi connectivity index (χ0) is 18.5. The van der Waals surface area contributed by atoms with Crippen molar-refractivity contribution >= 4 is 11.8 Å². The Morgan fingerprint density at radius 2 is 1.74 bits per heavy atom. The van der Waals surface area contributed by atoms with Gasteiger partial charge in [-0.3, -0.25) is 14.5 Å². The molecule has 0 bridgehead atoms. The summed E-state index contributed by atoms with van der Waals surface area (Å²) in [6.45, 7) is 6.80. The quantitative estimate of drug-likeness (QED) is 0.612. The third kappa shape index (κ3) is 4.37. The van der Waals surface area contributed by atoms with E-state index in [-0.39, 0.29) is 0 Å². The third-order valence-electron chi connectivity index (χ3n) is 4.61. The van der Waals surface area contributed by atoms with Crippen LogP contribution in [0.4, 0.5) is 0 Å². The van der Waals surface area contributed by atoms with Gasteiger partial charge in [-0.05, 0) is 31.2 Å². The minimum absolute atomic E-state index is 0.830. The van der Waals surface area contributed by atoms with E-state index in [0.717, 1.165) is 60.8 Å². The van der Waals surface area contributed by atoms with E-state index in [2.05, 4.69) is 55.8 Å². The van der Waals surface area contributed by atoms with Crippen LogP contribution in [-0.4, -0.2) is 63.2 Å². The molecule has 1 aliphatic rings. The number of nitrogens with zero attached hydrogens (tertiary/aromatic N) is 5. The smallest absolute Gasteiger partial charge is 0.196 e. The molecule has 1 saturated heterocycles. The summed E-state index contributed by atoms with van der Waals surface area (Å²) >= 11 is 1.75. The lowest BCUT2D eigenvalue weighted by Gasteiger charge is -2.26. The predicted molar refractivity (Wildman–Crippen MR) is 107 cm³/mol. The molecule has 0 saturated carbocycles. The summed E-state index contributed by atoms with van der Waals surface area (Å²) in [4.78, 5) is 6.55. The molecule has 0 radical (unpaired) electrons. The van der Waals surface area contributed by atoms with E-state index in [1.165, 1.54) is 5.56 Å². The van der Waals surface area contributed by atoms with E-state index < -0.39 is 0 Å². The number of benzene rings is 1. The van der Waals surface area contributed by atoms with E-state index in [4.69, 9.17) is 4.74 Å². The van der Waals surface area contributed by atoms with Crippen LogP contribution in [0.15, 0.2) is 53.9 Å². The summed E-state index contributed by atoms with van der Waals surface area (Å²) < 4.78 is 7.56. The number of thioether (sulfide) groups is 1. The van der Waals surface area contributed by atoms with Gasteiger partial charge in [-0.25, -0.2) is 0 Å². The number of rotatable bonds is 6. The summed E-state index contributed by atoms with van der Waals surface area (Å²) in [6.07, 6.45) is 3.57. The van der Waals surface area contributed by atoms with Crippen molar-refractivity contribution in [2.24, 2.45) is 0 Å². The fraction of sp³-hybridized carbons (Fsp3) is 0.350. The SMILES string of the molecule is Cc1ccc(-n2c(SCCN3CCOCC3)nnc2-c2ccncc2)cc1. The highest BCUT2D eigenvalue weighted by Crippen LogP contribution is 2.27. The Morgan fingerprint density at radius 1 is 1.00 bits per heavy atom. The molecule has 0 amide bonds. The first-order valence-electron chi connectivity index (χ1n) is 9.17. The first-order chi connectivity index (χ1) is 13.3. The van der Waals surface area contributed by atoms with Gasteiger partial charge >= 0.3 is 0 Å². The van der Waals surface area contributed by atoms with Gasteiger partial charge < -0.3 is 4.74 Å². The van der Waals surface area contributed by atoms with Crippen LogP contribution in [0.25, 0.3) is 17.1 Å². The standard InChI is InChI=1S/C20H23N5OS/c1-16-2-4-18(5-3-16)25-19(17-6-8-21-9-7-17)22-23-20(25)27-15-12-24-10-13-26-14-11-24/h2-9H,10-15H2,1H3. The number of hydrogen-bond acceptors (Lipinski definition) is 6. The van der Waals surface area contributed by atoms with Crippen molar-refractivity contribution in [3.05, 3.63) is 54.4 Å². The summed E-state index contributed by atoms with van der Waals surface area (Å²) in [7, 11) is 0. The van der Waals surface area contributed by atoms with Crippen LogP contribution < -0.4 is 0 Å². The molecular weight excluding hydrogens is 358 g/mol. The summed E-state index contributed by atoms with van der Waals surface area (Å²) in [5.41, 5.74) is 3.32. The van der Waals surface area contributed by atoms with Crippen molar-refractivity contribution in [2.45, 2.75) is 12.1 Å². The Morgan fingerprint density at radius 3 is 2.48 bits per heavy atom. The summed E-state index contributed by atoms with van der Waals surface area (Å²) in [5, 5.41) is 9.88. The zero-order valence-corrected chi connectivity index (χ0v) is 16.2. The minimum atomic E-state index is 0.830. The number of pyridine rings is 1. The molecule has 140 valence electrons. The van der Waals surface area contributed by atoms with E-state index in [1.807, 2.05) is 12.1 Å². The highest BCUT2D eigenvalue weighted by atomic mass is 32.2. The largest absolute Gasteiger partial charge is 0.379 e. The van der Waals surface area contributed by atoms with Gasteiger partial charge in [0.2, 0.25) is 0 Å². The van der Waals surface area contributed by atoms with Gasteiger partial charge in [-0.2, -0.15) is 0 Å². The molecule has 3 heterocycles. The van der Waals surface area contributed by atoms with E-state index in [0.29, 0.717) is 0 Å². The van der Waals surface area contributed by atoms with Crippen molar-refractivity contribution in [3.8, 4) is 17.1 Å². The first kappa shape index (κ1) is 18.2. The Bertz CT molecular complexity index is 860. The van der Waals surface area contributed by atoms with Gasteiger partial charge in [-0.1, -0.05) is 29.5 Å².